The Labute approximate surface area is 107 Å². The first-order valence-corrected chi connectivity index (χ1v) is 6.23. The van der Waals surface area contributed by atoms with Gasteiger partial charge in [-0.1, -0.05) is 0 Å². The van der Waals surface area contributed by atoms with Crippen molar-refractivity contribution in [1.82, 2.24) is 10.2 Å². The molecule has 1 unspecified atom stereocenters. The zero-order chi connectivity index (χ0) is 12.0. The summed E-state index contributed by atoms with van der Waals surface area (Å²) in [4.78, 5) is 0. The highest BCUT2D eigenvalue weighted by Crippen LogP contribution is 2.39. The number of nitrogen functional groups attached to an aromatic ring is 1. The lowest BCUT2D eigenvalue weighted by Crippen LogP contribution is -2.05. The predicted molar refractivity (Wildman–Crippen MR) is 69.9 cm³/mol. The number of nitrogens with two attached hydrogens (primary N) is 1. The SMILES string of the molecule is CC1Cc2cc(-c3cc(N)n[nH]3)cc(Br)c2O1. The van der Waals surface area contributed by atoms with Crippen molar-refractivity contribution in [2.75, 3.05) is 5.73 Å². The van der Waals surface area contributed by atoms with Gasteiger partial charge in [-0.2, -0.15) is 5.10 Å². The molecule has 3 N–H and O–H groups in total. The van der Waals surface area contributed by atoms with Crippen LogP contribution >= 0.6 is 15.9 Å². The largest absolute Gasteiger partial charge is 0.489 e. The minimum absolute atomic E-state index is 0.239. The number of benzene rings is 1. The normalized spacial score (nSPS) is 17.9. The molecule has 0 saturated heterocycles. The molecule has 2 heterocycles. The molecule has 5 heteroatoms. The van der Waals surface area contributed by atoms with Crippen LogP contribution < -0.4 is 10.5 Å². The molecule has 3 rings (SSSR count). The number of aromatic amines is 1. The van der Waals surface area contributed by atoms with Gasteiger partial charge < -0.3 is 10.5 Å². The van der Waals surface area contributed by atoms with E-state index >= 15 is 0 Å². The smallest absolute Gasteiger partial charge is 0.145 e. The average Bonchev–Trinajstić information content (AvgIpc) is 2.83. The molecule has 0 radical (unpaired) electrons. The molecular formula is C12H12BrN3O. The molecule has 0 spiro atoms. The third kappa shape index (κ3) is 1.80. The summed E-state index contributed by atoms with van der Waals surface area (Å²) in [5, 5.41) is 6.85. The summed E-state index contributed by atoms with van der Waals surface area (Å²) in [6.07, 6.45) is 1.18. The highest BCUT2D eigenvalue weighted by molar-refractivity contribution is 9.10. The van der Waals surface area contributed by atoms with Gasteiger partial charge in [0.2, 0.25) is 0 Å². The van der Waals surface area contributed by atoms with Gasteiger partial charge in [-0.25, -0.2) is 0 Å². The monoisotopic (exact) mass is 293 g/mol. The maximum Gasteiger partial charge on any atom is 0.145 e. The van der Waals surface area contributed by atoms with Crippen LogP contribution in [-0.4, -0.2) is 16.3 Å². The van der Waals surface area contributed by atoms with Crippen molar-refractivity contribution in [3.8, 4) is 17.0 Å². The van der Waals surface area contributed by atoms with Crippen LogP contribution in [-0.2, 0) is 6.42 Å². The molecule has 17 heavy (non-hydrogen) atoms. The van der Waals surface area contributed by atoms with E-state index in [2.05, 4.69) is 39.1 Å². The number of fused-ring (bicyclic) bond motifs is 1. The summed E-state index contributed by atoms with van der Waals surface area (Å²) in [6.45, 7) is 2.07. The fraction of sp³-hybridized carbons (Fsp3) is 0.250. The van der Waals surface area contributed by atoms with Crippen molar-refractivity contribution >= 4 is 21.7 Å². The number of halogens is 1. The van der Waals surface area contributed by atoms with Gasteiger partial charge >= 0.3 is 0 Å². The maximum absolute atomic E-state index is 5.74. The number of nitrogens with zero attached hydrogens (tertiary/aromatic N) is 1. The Morgan fingerprint density at radius 1 is 1.47 bits per heavy atom. The topological polar surface area (TPSA) is 63.9 Å². The number of anilines is 1. The maximum atomic E-state index is 5.74. The molecule has 0 fully saturated rings. The molecule has 2 aromatic rings. The Bertz CT molecular complexity index is 579. The van der Waals surface area contributed by atoms with Gasteiger partial charge in [0.05, 0.1) is 10.2 Å². The Hall–Kier alpha value is -1.49. The van der Waals surface area contributed by atoms with Crippen LogP contribution in [0.5, 0.6) is 5.75 Å². The summed E-state index contributed by atoms with van der Waals surface area (Å²) in [6, 6.07) is 5.97. The second-order valence-corrected chi connectivity index (χ2v) is 5.14. The van der Waals surface area contributed by atoms with Gasteiger partial charge in [0.15, 0.2) is 0 Å². The standard InChI is InChI=1S/C12H12BrN3O/c1-6-2-8-3-7(4-9(13)12(8)17-6)10-5-11(14)16-15-10/h3-6H,2H2,1H3,(H3,14,15,16). The van der Waals surface area contributed by atoms with E-state index in [4.69, 9.17) is 10.5 Å². The first-order chi connectivity index (χ1) is 8.13. The zero-order valence-corrected chi connectivity index (χ0v) is 10.9. The van der Waals surface area contributed by atoms with Gasteiger partial charge in [-0.3, -0.25) is 5.10 Å². The molecular weight excluding hydrogens is 282 g/mol. The number of hydrogen-bond donors (Lipinski definition) is 2. The van der Waals surface area contributed by atoms with Crippen molar-refractivity contribution in [1.29, 1.82) is 0 Å². The highest BCUT2D eigenvalue weighted by Gasteiger charge is 2.22. The van der Waals surface area contributed by atoms with E-state index in [-0.39, 0.29) is 6.10 Å². The van der Waals surface area contributed by atoms with Gasteiger partial charge in [-0.15, -0.1) is 0 Å². The van der Waals surface area contributed by atoms with Crippen LogP contribution in [0.15, 0.2) is 22.7 Å². The minimum atomic E-state index is 0.239. The number of hydrogen-bond acceptors (Lipinski definition) is 3. The van der Waals surface area contributed by atoms with E-state index in [0.29, 0.717) is 5.82 Å². The molecule has 1 aliphatic rings. The van der Waals surface area contributed by atoms with E-state index in [9.17, 15) is 0 Å². The molecule has 88 valence electrons. The lowest BCUT2D eigenvalue weighted by atomic mass is 10.1. The van der Waals surface area contributed by atoms with E-state index in [1.54, 1.807) is 0 Å². The summed E-state index contributed by atoms with van der Waals surface area (Å²) in [7, 11) is 0. The Morgan fingerprint density at radius 2 is 2.29 bits per heavy atom. The molecule has 1 atom stereocenters. The fourth-order valence-electron chi connectivity index (χ4n) is 2.13. The van der Waals surface area contributed by atoms with Crippen LogP contribution in [0.25, 0.3) is 11.3 Å². The number of aromatic nitrogens is 2. The van der Waals surface area contributed by atoms with Crippen molar-refractivity contribution in [2.24, 2.45) is 0 Å². The molecule has 0 aliphatic carbocycles. The quantitative estimate of drug-likeness (QED) is 0.850. The fourth-order valence-corrected chi connectivity index (χ4v) is 2.72. The lowest BCUT2D eigenvalue weighted by Gasteiger charge is -2.06. The van der Waals surface area contributed by atoms with Crippen LogP contribution in [0.3, 0.4) is 0 Å². The number of nitrogens with one attached hydrogen (secondary N) is 1. The second-order valence-electron chi connectivity index (χ2n) is 4.29. The van der Waals surface area contributed by atoms with E-state index in [1.807, 2.05) is 12.1 Å². The first-order valence-electron chi connectivity index (χ1n) is 5.44. The van der Waals surface area contributed by atoms with Crippen molar-refractivity contribution in [3.63, 3.8) is 0 Å². The van der Waals surface area contributed by atoms with Gasteiger partial charge in [0.1, 0.15) is 17.7 Å². The van der Waals surface area contributed by atoms with Crippen molar-refractivity contribution < 1.29 is 4.74 Å². The van der Waals surface area contributed by atoms with Crippen LogP contribution in [0, 0.1) is 0 Å². The van der Waals surface area contributed by atoms with E-state index in [0.717, 1.165) is 27.9 Å². The Balaban J connectivity index is 2.09. The molecule has 1 aliphatic heterocycles. The molecule has 0 saturated carbocycles. The third-order valence-corrected chi connectivity index (χ3v) is 3.44. The number of ether oxygens (including phenoxy) is 1. The van der Waals surface area contributed by atoms with E-state index < -0.39 is 0 Å². The summed E-state index contributed by atoms with van der Waals surface area (Å²) < 4.78 is 6.71. The summed E-state index contributed by atoms with van der Waals surface area (Å²) >= 11 is 3.54. The minimum Gasteiger partial charge on any atom is -0.489 e. The first kappa shape index (κ1) is 10.7. The van der Waals surface area contributed by atoms with Crippen molar-refractivity contribution in [2.45, 2.75) is 19.4 Å². The predicted octanol–water partition coefficient (Wildman–Crippen LogP) is 2.74. The second kappa shape index (κ2) is 3.77. The Kier molecular flexibility index (Phi) is 2.36. The molecule has 1 aromatic heterocycles. The van der Waals surface area contributed by atoms with E-state index in [1.165, 1.54) is 5.56 Å². The zero-order valence-electron chi connectivity index (χ0n) is 9.33. The molecule has 0 amide bonds. The van der Waals surface area contributed by atoms with Gasteiger partial charge in [0.25, 0.3) is 0 Å². The molecule has 1 aromatic carbocycles. The summed E-state index contributed by atoms with van der Waals surface area (Å²) in [5.74, 6) is 1.45. The molecule has 0 bridgehead atoms. The highest BCUT2D eigenvalue weighted by atomic mass is 79.9. The summed E-state index contributed by atoms with van der Waals surface area (Å²) in [5.41, 5.74) is 8.82. The van der Waals surface area contributed by atoms with Crippen molar-refractivity contribution in [3.05, 3.63) is 28.2 Å². The van der Waals surface area contributed by atoms with Gasteiger partial charge in [-0.05, 0) is 40.5 Å². The lowest BCUT2D eigenvalue weighted by molar-refractivity contribution is 0.253. The average molecular weight is 294 g/mol. The Morgan fingerprint density at radius 3 is 3.00 bits per heavy atom. The van der Waals surface area contributed by atoms with Crippen LogP contribution in [0.2, 0.25) is 0 Å². The number of H-pyrrole nitrogens is 1. The number of rotatable bonds is 1. The van der Waals surface area contributed by atoms with Crippen LogP contribution in [0.1, 0.15) is 12.5 Å². The van der Waals surface area contributed by atoms with Gasteiger partial charge in [0, 0.05) is 18.1 Å². The third-order valence-electron chi connectivity index (χ3n) is 2.86. The van der Waals surface area contributed by atoms with Crippen LogP contribution in [0.4, 0.5) is 5.82 Å². The molecule has 4 nitrogen and oxygen atoms in total.